The van der Waals surface area contributed by atoms with Gasteiger partial charge in [-0.3, -0.25) is 0 Å². The lowest BCUT2D eigenvalue weighted by Gasteiger charge is -2.30. The molecule has 0 aromatic heterocycles. The summed E-state index contributed by atoms with van der Waals surface area (Å²) in [5.74, 6) is 0.945. The summed E-state index contributed by atoms with van der Waals surface area (Å²) >= 11 is 0. The quantitative estimate of drug-likeness (QED) is 0.725. The molecule has 1 aliphatic heterocycles. The van der Waals surface area contributed by atoms with Crippen LogP contribution in [0, 0.1) is 5.92 Å². The van der Waals surface area contributed by atoms with Crippen molar-refractivity contribution in [3.05, 3.63) is 0 Å². The lowest BCUT2D eigenvalue weighted by atomic mass is 9.87. The van der Waals surface area contributed by atoms with Crippen LogP contribution in [-0.2, 0) is 0 Å². The molecule has 0 amide bonds. The zero-order valence-electron chi connectivity index (χ0n) is 9.63. The minimum absolute atomic E-state index is 0.773. The van der Waals surface area contributed by atoms with Crippen molar-refractivity contribution in [3.8, 4) is 0 Å². The molecule has 0 aromatic carbocycles. The highest BCUT2D eigenvalue weighted by Gasteiger charge is 2.24. The third-order valence-corrected chi connectivity index (χ3v) is 3.80. The minimum Gasteiger partial charge on any atom is -0.310 e. The van der Waals surface area contributed by atoms with Crippen LogP contribution < -0.4 is 5.32 Å². The molecule has 2 rings (SSSR count). The van der Waals surface area contributed by atoms with Gasteiger partial charge in [-0.25, -0.2) is 0 Å². The van der Waals surface area contributed by atoms with Gasteiger partial charge in [-0.2, -0.15) is 0 Å². The van der Waals surface area contributed by atoms with Gasteiger partial charge in [-0.15, -0.1) is 0 Å². The Morgan fingerprint density at radius 1 is 1.14 bits per heavy atom. The fraction of sp³-hybridized carbons (Fsp3) is 1.00. The summed E-state index contributed by atoms with van der Waals surface area (Å²) in [6.07, 6.45) is 7.04. The Labute approximate surface area is 88.1 Å². The topological polar surface area (TPSA) is 15.3 Å². The van der Waals surface area contributed by atoms with Gasteiger partial charge in [0, 0.05) is 18.6 Å². The van der Waals surface area contributed by atoms with E-state index in [4.69, 9.17) is 0 Å². The Morgan fingerprint density at radius 3 is 2.64 bits per heavy atom. The van der Waals surface area contributed by atoms with Crippen LogP contribution >= 0.6 is 0 Å². The maximum absolute atomic E-state index is 3.84. The van der Waals surface area contributed by atoms with Crippen molar-refractivity contribution in [2.75, 3.05) is 20.1 Å². The van der Waals surface area contributed by atoms with Crippen LogP contribution in [-0.4, -0.2) is 37.1 Å². The van der Waals surface area contributed by atoms with Gasteiger partial charge in [0.15, 0.2) is 0 Å². The smallest absolute Gasteiger partial charge is 0.0209 e. The van der Waals surface area contributed by atoms with Crippen molar-refractivity contribution < 1.29 is 0 Å². The third kappa shape index (κ3) is 2.71. The van der Waals surface area contributed by atoms with Gasteiger partial charge in [0.05, 0.1) is 0 Å². The van der Waals surface area contributed by atoms with Crippen LogP contribution in [0.15, 0.2) is 0 Å². The molecule has 0 unspecified atom stereocenters. The van der Waals surface area contributed by atoms with E-state index in [0.717, 1.165) is 18.0 Å². The summed E-state index contributed by atoms with van der Waals surface area (Å²) in [7, 11) is 2.23. The van der Waals surface area contributed by atoms with Crippen LogP contribution in [0.3, 0.4) is 0 Å². The fourth-order valence-electron chi connectivity index (χ4n) is 2.99. The summed E-state index contributed by atoms with van der Waals surface area (Å²) in [6.45, 7) is 4.93. The van der Waals surface area contributed by atoms with Crippen molar-refractivity contribution in [2.45, 2.75) is 51.1 Å². The summed E-state index contributed by atoms with van der Waals surface area (Å²) in [5.41, 5.74) is 0. The average Bonchev–Trinajstić information content (AvgIpc) is 2.51. The molecule has 1 saturated carbocycles. The highest BCUT2D eigenvalue weighted by atomic mass is 15.2. The largest absolute Gasteiger partial charge is 0.310 e. The molecule has 1 N–H and O–H groups in total. The zero-order valence-corrected chi connectivity index (χ0v) is 9.63. The van der Waals surface area contributed by atoms with Gasteiger partial charge >= 0.3 is 0 Å². The number of nitrogens with one attached hydrogen (secondary N) is 1. The molecule has 0 radical (unpaired) electrons. The molecule has 2 heteroatoms. The molecule has 3 atom stereocenters. The Morgan fingerprint density at radius 2 is 2.00 bits per heavy atom. The highest BCUT2D eigenvalue weighted by molar-refractivity contribution is 4.84. The van der Waals surface area contributed by atoms with Crippen molar-refractivity contribution in [3.63, 3.8) is 0 Å². The summed E-state index contributed by atoms with van der Waals surface area (Å²) in [5, 5.41) is 3.84. The Bertz CT molecular complexity index is 181. The van der Waals surface area contributed by atoms with Crippen molar-refractivity contribution >= 4 is 0 Å². The number of hydrogen-bond acceptors (Lipinski definition) is 2. The van der Waals surface area contributed by atoms with E-state index in [1.165, 1.54) is 45.2 Å². The Balaban J connectivity index is 1.74. The molecule has 1 aliphatic carbocycles. The number of nitrogens with zero attached hydrogens (tertiary/aromatic N) is 1. The Hall–Kier alpha value is -0.0800. The third-order valence-electron chi connectivity index (χ3n) is 3.80. The normalized spacial score (nSPS) is 40.3. The van der Waals surface area contributed by atoms with Crippen molar-refractivity contribution in [2.24, 2.45) is 5.92 Å². The zero-order chi connectivity index (χ0) is 9.97. The molecule has 0 aromatic rings. The molecule has 2 nitrogen and oxygen atoms in total. The van der Waals surface area contributed by atoms with Crippen LogP contribution in [0.1, 0.15) is 39.0 Å². The number of likely N-dealkylation sites (N-methyl/N-ethyl adjacent to an activating group) is 1. The monoisotopic (exact) mass is 196 g/mol. The van der Waals surface area contributed by atoms with E-state index in [-0.39, 0.29) is 0 Å². The number of rotatable bonds is 2. The van der Waals surface area contributed by atoms with E-state index in [9.17, 15) is 0 Å². The van der Waals surface area contributed by atoms with Gasteiger partial charge in [0.25, 0.3) is 0 Å². The first-order valence-electron chi connectivity index (χ1n) is 6.18. The molecule has 1 heterocycles. The summed E-state index contributed by atoms with van der Waals surface area (Å²) < 4.78 is 0. The SMILES string of the molecule is C[C@@H]1CCC[C@H](N[C@@H]2CCN(C)C2)C1. The first kappa shape index (κ1) is 10.4. The van der Waals surface area contributed by atoms with Gasteiger partial charge < -0.3 is 10.2 Å². The molecule has 0 spiro atoms. The van der Waals surface area contributed by atoms with E-state index in [1.807, 2.05) is 0 Å². The van der Waals surface area contributed by atoms with E-state index >= 15 is 0 Å². The molecule has 14 heavy (non-hydrogen) atoms. The van der Waals surface area contributed by atoms with Gasteiger partial charge in [-0.05, 0) is 38.8 Å². The van der Waals surface area contributed by atoms with E-state index in [1.54, 1.807) is 0 Å². The number of hydrogen-bond donors (Lipinski definition) is 1. The lowest BCUT2D eigenvalue weighted by Crippen LogP contribution is -2.41. The van der Waals surface area contributed by atoms with Crippen LogP contribution in [0.25, 0.3) is 0 Å². The van der Waals surface area contributed by atoms with Crippen LogP contribution in [0.5, 0.6) is 0 Å². The summed E-state index contributed by atoms with van der Waals surface area (Å²) in [4.78, 5) is 2.43. The molecule has 2 aliphatic rings. The Kier molecular flexibility index (Phi) is 3.45. The van der Waals surface area contributed by atoms with E-state index in [2.05, 4.69) is 24.2 Å². The molecule has 0 bridgehead atoms. The highest BCUT2D eigenvalue weighted by Crippen LogP contribution is 2.24. The standard InChI is InChI=1S/C12H24N2/c1-10-4-3-5-11(8-10)13-12-6-7-14(2)9-12/h10-13H,3-9H2,1-2H3/t10-,11+,12-/m1/s1. The minimum atomic E-state index is 0.773. The maximum Gasteiger partial charge on any atom is 0.0209 e. The molecular weight excluding hydrogens is 172 g/mol. The summed E-state index contributed by atoms with van der Waals surface area (Å²) in [6, 6.07) is 1.59. The molecule has 82 valence electrons. The van der Waals surface area contributed by atoms with Crippen LogP contribution in [0.4, 0.5) is 0 Å². The van der Waals surface area contributed by atoms with Gasteiger partial charge in [0.2, 0.25) is 0 Å². The van der Waals surface area contributed by atoms with Crippen LogP contribution in [0.2, 0.25) is 0 Å². The fourth-order valence-corrected chi connectivity index (χ4v) is 2.99. The van der Waals surface area contributed by atoms with Crippen molar-refractivity contribution in [1.29, 1.82) is 0 Å². The predicted molar refractivity (Wildman–Crippen MR) is 60.5 cm³/mol. The van der Waals surface area contributed by atoms with Gasteiger partial charge in [-0.1, -0.05) is 19.8 Å². The number of likely N-dealkylation sites (tertiary alicyclic amines) is 1. The molecular formula is C12H24N2. The molecule has 2 fully saturated rings. The first-order chi connectivity index (χ1) is 6.74. The first-order valence-corrected chi connectivity index (χ1v) is 6.18. The van der Waals surface area contributed by atoms with E-state index in [0.29, 0.717) is 0 Å². The lowest BCUT2D eigenvalue weighted by molar-refractivity contribution is 0.278. The molecule has 1 saturated heterocycles. The second-order valence-electron chi connectivity index (χ2n) is 5.38. The predicted octanol–water partition coefficient (Wildman–Crippen LogP) is 1.86. The second kappa shape index (κ2) is 4.63. The second-order valence-corrected chi connectivity index (χ2v) is 5.38. The maximum atomic E-state index is 3.84. The van der Waals surface area contributed by atoms with E-state index < -0.39 is 0 Å². The van der Waals surface area contributed by atoms with Gasteiger partial charge in [0.1, 0.15) is 0 Å². The average molecular weight is 196 g/mol. The van der Waals surface area contributed by atoms with Crippen molar-refractivity contribution in [1.82, 2.24) is 10.2 Å².